The first-order valence-corrected chi connectivity index (χ1v) is 7.60. The van der Waals surface area contributed by atoms with E-state index in [-0.39, 0.29) is 11.7 Å². The molecule has 0 aromatic heterocycles. The third kappa shape index (κ3) is 5.55. The Labute approximate surface area is 130 Å². The SMILES string of the molecule is CN1CCN(CCOc2cc(F)cc(C#CCCl)c2)CC1. The number of benzene rings is 1. The van der Waals surface area contributed by atoms with Gasteiger partial charge in [-0.05, 0) is 19.2 Å². The van der Waals surface area contributed by atoms with E-state index in [4.69, 9.17) is 16.3 Å². The van der Waals surface area contributed by atoms with Crippen molar-refractivity contribution in [1.82, 2.24) is 9.80 Å². The largest absolute Gasteiger partial charge is 0.492 e. The molecule has 21 heavy (non-hydrogen) atoms. The van der Waals surface area contributed by atoms with Crippen LogP contribution in [-0.4, -0.2) is 62.1 Å². The number of hydrogen-bond acceptors (Lipinski definition) is 3. The normalized spacial score (nSPS) is 16.3. The molecular formula is C16H20ClFN2O. The molecule has 0 amide bonds. The molecule has 0 bridgehead atoms. The number of halogens is 2. The molecule has 2 rings (SSSR count). The van der Waals surface area contributed by atoms with Crippen LogP contribution in [0.5, 0.6) is 5.75 Å². The number of ether oxygens (including phenoxy) is 1. The topological polar surface area (TPSA) is 15.7 Å². The Balaban J connectivity index is 1.84. The second kappa shape index (κ2) is 8.23. The predicted octanol–water partition coefficient (Wildman–Crippen LogP) is 2.04. The molecule has 0 saturated carbocycles. The molecule has 0 aliphatic carbocycles. The molecule has 0 spiro atoms. The fraction of sp³-hybridized carbons (Fsp3) is 0.500. The van der Waals surface area contributed by atoms with Crippen molar-refractivity contribution in [2.45, 2.75) is 0 Å². The Kier molecular flexibility index (Phi) is 6.31. The molecule has 1 saturated heterocycles. The lowest BCUT2D eigenvalue weighted by Gasteiger charge is -2.32. The molecule has 1 heterocycles. The van der Waals surface area contributed by atoms with E-state index in [1.807, 2.05) is 0 Å². The van der Waals surface area contributed by atoms with Crippen LogP contribution in [0.4, 0.5) is 4.39 Å². The van der Waals surface area contributed by atoms with E-state index in [0.29, 0.717) is 17.9 Å². The monoisotopic (exact) mass is 310 g/mol. The van der Waals surface area contributed by atoms with Crippen LogP contribution < -0.4 is 4.74 Å². The number of hydrogen-bond donors (Lipinski definition) is 0. The first-order chi connectivity index (χ1) is 10.2. The average Bonchev–Trinajstić information content (AvgIpc) is 2.47. The van der Waals surface area contributed by atoms with Crippen molar-refractivity contribution in [3.8, 4) is 17.6 Å². The van der Waals surface area contributed by atoms with Gasteiger partial charge >= 0.3 is 0 Å². The second-order valence-corrected chi connectivity index (χ2v) is 5.37. The van der Waals surface area contributed by atoms with E-state index >= 15 is 0 Å². The fourth-order valence-corrected chi connectivity index (χ4v) is 2.28. The van der Waals surface area contributed by atoms with Crippen LogP contribution in [0.3, 0.4) is 0 Å². The maximum atomic E-state index is 13.5. The van der Waals surface area contributed by atoms with Crippen LogP contribution in [0.1, 0.15) is 5.56 Å². The third-order valence-electron chi connectivity index (χ3n) is 3.44. The Morgan fingerprint density at radius 1 is 1.24 bits per heavy atom. The van der Waals surface area contributed by atoms with Gasteiger partial charge in [0.05, 0.1) is 5.88 Å². The minimum atomic E-state index is -0.342. The van der Waals surface area contributed by atoms with Gasteiger partial charge in [0.25, 0.3) is 0 Å². The Hall–Kier alpha value is -1.28. The molecule has 1 aliphatic rings. The molecule has 5 heteroatoms. The molecular weight excluding hydrogens is 291 g/mol. The van der Waals surface area contributed by atoms with Gasteiger partial charge in [0, 0.05) is 44.4 Å². The molecule has 3 nitrogen and oxygen atoms in total. The van der Waals surface area contributed by atoms with Gasteiger partial charge in [-0.2, -0.15) is 0 Å². The highest BCUT2D eigenvalue weighted by Gasteiger charge is 2.13. The highest BCUT2D eigenvalue weighted by Crippen LogP contribution is 2.16. The average molecular weight is 311 g/mol. The zero-order valence-corrected chi connectivity index (χ0v) is 13.0. The van der Waals surface area contributed by atoms with Crippen molar-refractivity contribution >= 4 is 11.6 Å². The minimum absolute atomic E-state index is 0.232. The van der Waals surface area contributed by atoms with Gasteiger partial charge in [-0.15, -0.1) is 11.6 Å². The van der Waals surface area contributed by atoms with Crippen molar-refractivity contribution in [3.05, 3.63) is 29.6 Å². The minimum Gasteiger partial charge on any atom is -0.492 e. The van der Waals surface area contributed by atoms with Gasteiger partial charge in [0.2, 0.25) is 0 Å². The standard InChI is InChI=1S/C16H20ClFN2O/c1-19-5-7-20(8-6-19)9-10-21-16-12-14(3-2-4-17)11-15(18)13-16/h11-13H,4-10H2,1H3. The van der Waals surface area contributed by atoms with E-state index in [1.54, 1.807) is 6.07 Å². The summed E-state index contributed by atoms with van der Waals surface area (Å²) in [6.45, 7) is 5.67. The molecule has 114 valence electrons. The summed E-state index contributed by atoms with van der Waals surface area (Å²) in [7, 11) is 2.13. The van der Waals surface area contributed by atoms with Crippen LogP contribution in [0.2, 0.25) is 0 Å². The van der Waals surface area contributed by atoms with Gasteiger partial charge in [-0.25, -0.2) is 4.39 Å². The summed E-state index contributed by atoms with van der Waals surface area (Å²) in [5.74, 6) is 5.92. The fourth-order valence-electron chi connectivity index (χ4n) is 2.22. The third-order valence-corrected chi connectivity index (χ3v) is 3.58. The van der Waals surface area contributed by atoms with Crippen molar-refractivity contribution < 1.29 is 9.13 Å². The molecule has 1 fully saturated rings. The van der Waals surface area contributed by atoms with Gasteiger partial charge in [-0.3, -0.25) is 4.90 Å². The Bertz CT molecular complexity index is 519. The maximum absolute atomic E-state index is 13.5. The zero-order chi connectivity index (χ0) is 15.1. The Morgan fingerprint density at radius 2 is 2.00 bits per heavy atom. The summed E-state index contributed by atoms with van der Waals surface area (Å²) in [4.78, 5) is 4.67. The number of rotatable bonds is 4. The number of piperazine rings is 1. The maximum Gasteiger partial charge on any atom is 0.128 e. The molecule has 1 aromatic rings. The van der Waals surface area contributed by atoms with Crippen molar-refractivity contribution in [3.63, 3.8) is 0 Å². The van der Waals surface area contributed by atoms with E-state index in [1.165, 1.54) is 12.1 Å². The van der Waals surface area contributed by atoms with Crippen LogP contribution in [0.15, 0.2) is 18.2 Å². The molecule has 1 aliphatic heterocycles. The highest BCUT2D eigenvalue weighted by atomic mass is 35.5. The highest BCUT2D eigenvalue weighted by molar-refractivity contribution is 6.19. The molecule has 0 unspecified atom stereocenters. The summed E-state index contributed by atoms with van der Waals surface area (Å²) in [5, 5.41) is 0. The first kappa shape index (κ1) is 16.1. The molecule has 1 aromatic carbocycles. The smallest absolute Gasteiger partial charge is 0.128 e. The van der Waals surface area contributed by atoms with Crippen LogP contribution in [0, 0.1) is 17.7 Å². The number of nitrogens with zero attached hydrogens (tertiary/aromatic N) is 2. The predicted molar refractivity (Wildman–Crippen MR) is 83.4 cm³/mol. The van der Waals surface area contributed by atoms with E-state index in [9.17, 15) is 4.39 Å². The summed E-state index contributed by atoms with van der Waals surface area (Å²) >= 11 is 5.50. The zero-order valence-electron chi connectivity index (χ0n) is 12.2. The van der Waals surface area contributed by atoms with E-state index in [0.717, 1.165) is 32.7 Å². The quantitative estimate of drug-likeness (QED) is 0.625. The van der Waals surface area contributed by atoms with Crippen molar-refractivity contribution in [1.29, 1.82) is 0 Å². The number of alkyl halides is 1. The first-order valence-electron chi connectivity index (χ1n) is 7.06. The Morgan fingerprint density at radius 3 is 2.71 bits per heavy atom. The molecule has 0 radical (unpaired) electrons. The molecule has 0 atom stereocenters. The summed E-state index contributed by atoms with van der Waals surface area (Å²) in [6.07, 6.45) is 0. The van der Waals surface area contributed by atoms with Crippen LogP contribution >= 0.6 is 11.6 Å². The van der Waals surface area contributed by atoms with Crippen LogP contribution in [0.25, 0.3) is 0 Å². The van der Waals surface area contributed by atoms with Gasteiger partial charge in [0.1, 0.15) is 18.2 Å². The van der Waals surface area contributed by atoms with Gasteiger partial charge in [0.15, 0.2) is 0 Å². The van der Waals surface area contributed by atoms with E-state index < -0.39 is 0 Å². The lowest BCUT2D eigenvalue weighted by molar-refractivity contribution is 0.133. The van der Waals surface area contributed by atoms with Crippen molar-refractivity contribution in [2.24, 2.45) is 0 Å². The van der Waals surface area contributed by atoms with Gasteiger partial charge in [-0.1, -0.05) is 11.8 Å². The summed E-state index contributed by atoms with van der Waals surface area (Å²) < 4.78 is 19.1. The number of likely N-dealkylation sites (N-methyl/N-ethyl adjacent to an activating group) is 1. The second-order valence-electron chi connectivity index (χ2n) is 5.10. The molecule has 0 N–H and O–H groups in total. The lowest BCUT2D eigenvalue weighted by Crippen LogP contribution is -2.45. The van der Waals surface area contributed by atoms with E-state index in [2.05, 4.69) is 28.7 Å². The summed E-state index contributed by atoms with van der Waals surface area (Å²) in [5.41, 5.74) is 0.588. The summed E-state index contributed by atoms with van der Waals surface area (Å²) in [6, 6.07) is 4.51. The van der Waals surface area contributed by atoms with Gasteiger partial charge < -0.3 is 9.64 Å². The lowest BCUT2D eigenvalue weighted by atomic mass is 10.2. The van der Waals surface area contributed by atoms with Crippen LogP contribution in [-0.2, 0) is 0 Å². The van der Waals surface area contributed by atoms with Crippen molar-refractivity contribution in [2.75, 3.05) is 52.3 Å².